The summed E-state index contributed by atoms with van der Waals surface area (Å²) in [4.78, 5) is 37.8. The summed E-state index contributed by atoms with van der Waals surface area (Å²) in [6.07, 6.45) is -2.54. The Morgan fingerprint density at radius 1 is 1.13 bits per heavy atom. The zero-order valence-electron chi connectivity index (χ0n) is 28.5. The lowest BCUT2D eigenvalue weighted by molar-refractivity contribution is -0.146. The summed E-state index contributed by atoms with van der Waals surface area (Å²) < 4.78 is 78.6. The maximum atomic E-state index is 15.4. The van der Waals surface area contributed by atoms with Crippen molar-refractivity contribution in [2.45, 2.75) is 70.6 Å². The lowest BCUT2D eigenvalue weighted by Gasteiger charge is -2.47. The Morgan fingerprint density at radius 2 is 1.92 bits per heavy atom. The summed E-state index contributed by atoms with van der Waals surface area (Å²) in [6.45, 7) is 1.72. The number of aromatic carboxylic acids is 1. The second-order valence-corrected chi connectivity index (χ2v) is 15.5. The Kier molecular flexibility index (Phi) is 9.62. The maximum absolute atomic E-state index is 15.4. The molecule has 0 bridgehead atoms. The largest absolute Gasteiger partial charge is 0.491 e. The molecule has 1 N–H and O–H groups in total. The predicted molar refractivity (Wildman–Crippen MR) is 187 cm³/mol. The molecule has 0 unspecified atom stereocenters. The van der Waals surface area contributed by atoms with E-state index in [1.165, 1.54) is 11.3 Å². The van der Waals surface area contributed by atoms with Gasteiger partial charge in [0.25, 0.3) is 11.5 Å². The van der Waals surface area contributed by atoms with E-state index >= 15 is 8.78 Å². The van der Waals surface area contributed by atoms with Gasteiger partial charge in [-0.2, -0.15) is 13.2 Å². The molecule has 7 rings (SSSR count). The van der Waals surface area contributed by atoms with Crippen molar-refractivity contribution < 1.29 is 36.6 Å². The van der Waals surface area contributed by atoms with E-state index in [1.807, 2.05) is 11.0 Å². The van der Waals surface area contributed by atoms with Crippen molar-refractivity contribution in [1.82, 2.24) is 24.3 Å². The number of ether oxygens (including phenoxy) is 1. The van der Waals surface area contributed by atoms with Crippen molar-refractivity contribution >= 4 is 39.1 Å². The molecule has 4 aromatic rings. The Balaban J connectivity index is 1.09. The second-order valence-electron chi connectivity index (χ2n) is 14.2. The van der Waals surface area contributed by atoms with Crippen LogP contribution in [0.5, 0.6) is 5.75 Å². The number of hydrogen-bond donors (Lipinski definition) is 1. The Morgan fingerprint density at radius 3 is 2.67 bits per heavy atom. The monoisotopic (exact) mass is 765 g/mol. The number of benzene rings is 1. The van der Waals surface area contributed by atoms with Crippen LogP contribution in [0.1, 0.15) is 52.4 Å². The fourth-order valence-electron chi connectivity index (χ4n) is 8.28. The highest BCUT2D eigenvalue weighted by atomic mass is 35.5. The molecule has 1 aromatic carbocycles. The summed E-state index contributed by atoms with van der Waals surface area (Å²) in [5.74, 6) is -3.34. The molecular weight excluding hydrogens is 729 g/mol. The third-order valence-electron chi connectivity index (χ3n) is 10.6. The zero-order chi connectivity index (χ0) is 37.2. The van der Waals surface area contributed by atoms with E-state index in [2.05, 4.69) is 4.98 Å². The summed E-state index contributed by atoms with van der Waals surface area (Å²) in [6, 6.07) is 6.77. The van der Waals surface area contributed by atoms with Crippen LogP contribution in [0.3, 0.4) is 0 Å². The van der Waals surface area contributed by atoms with Crippen molar-refractivity contribution in [2.75, 3.05) is 39.3 Å². The van der Waals surface area contributed by atoms with Crippen LogP contribution in [0.2, 0.25) is 5.02 Å². The number of halogens is 6. The third kappa shape index (κ3) is 6.92. The number of thiophene rings is 1. The molecule has 1 spiro atoms. The number of aromatic nitrogens is 3. The molecule has 16 heteroatoms. The number of pyridine rings is 1. The average molecular weight is 766 g/mol. The first-order chi connectivity index (χ1) is 24.5. The Bertz CT molecular complexity index is 2110. The van der Waals surface area contributed by atoms with Crippen LogP contribution in [0.15, 0.2) is 34.4 Å². The van der Waals surface area contributed by atoms with E-state index in [4.69, 9.17) is 21.3 Å². The van der Waals surface area contributed by atoms with Gasteiger partial charge in [-0.3, -0.25) is 24.1 Å². The van der Waals surface area contributed by atoms with Crippen LogP contribution < -0.4 is 10.3 Å². The molecule has 0 radical (unpaired) electrons. The van der Waals surface area contributed by atoms with Gasteiger partial charge in [0.15, 0.2) is 0 Å². The fraction of sp³-hybridized carbons (Fsp3) is 0.500. The molecular formula is C36H37ClF5N5O4S. The number of aryl methyl sites for hydroxylation is 3. The molecule has 2 fully saturated rings. The Labute approximate surface area is 305 Å². The quantitative estimate of drug-likeness (QED) is 0.191. The second kappa shape index (κ2) is 13.6. The minimum atomic E-state index is -4.56. The summed E-state index contributed by atoms with van der Waals surface area (Å²) >= 11 is 7.66. The van der Waals surface area contributed by atoms with Crippen molar-refractivity contribution in [3.05, 3.63) is 73.4 Å². The average Bonchev–Trinajstić information content (AvgIpc) is 3.59. The van der Waals surface area contributed by atoms with Crippen LogP contribution in [0, 0.1) is 19.3 Å². The number of hydrogen-bond acceptors (Lipinski definition) is 8. The van der Waals surface area contributed by atoms with Gasteiger partial charge in [-0.15, -0.1) is 11.3 Å². The standard InChI is InChI=1S/C36H37ClF5N5O4S/c1-20-12-25(31-30(43-20)27(15-52-31)33(49)50)24-13-22(37)4-7-29(24)51-11-10-47-21(2)44-28-6-5-23(14-26(28)32(47)48)46-9-3-8-34(17-46)16-45(18-35(34,38)39)19-36(40,41)42/h4,7,12-13,15,23H,3,5-6,8-11,14,16-19H2,1-2H3,(H,49,50)/t23-,34-/m1/s1. The fourth-order valence-corrected chi connectivity index (χ4v) is 9.46. The third-order valence-corrected chi connectivity index (χ3v) is 11.9. The van der Waals surface area contributed by atoms with E-state index in [-0.39, 0.29) is 49.8 Å². The van der Waals surface area contributed by atoms with Gasteiger partial charge in [-0.05, 0) is 76.8 Å². The number of alkyl halides is 5. The van der Waals surface area contributed by atoms with Gasteiger partial charge in [-0.25, -0.2) is 18.6 Å². The maximum Gasteiger partial charge on any atom is 0.401 e. The van der Waals surface area contributed by atoms with E-state index in [0.29, 0.717) is 81.6 Å². The highest BCUT2D eigenvalue weighted by molar-refractivity contribution is 7.18. The normalized spacial score (nSPS) is 22.3. The molecule has 9 nitrogen and oxygen atoms in total. The molecule has 2 aliphatic heterocycles. The molecule has 2 saturated heterocycles. The summed E-state index contributed by atoms with van der Waals surface area (Å²) in [5.41, 5.74) is 1.87. The molecule has 3 aromatic heterocycles. The van der Waals surface area contributed by atoms with E-state index in [1.54, 1.807) is 42.0 Å². The van der Waals surface area contributed by atoms with Crippen molar-refractivity contribution in [2.24, 2.45) is 5.41 Å². The number of fused-ring (bicyclic) bond motifs is 2. The number of nitrogens with zero attached hydrogens (tertiary/aromatic N) is 5. The van der Waals surface area contributed by atoms with Crippen molar-refractivity contribution in [1.29, 1.82) is 0 Å². The SMILES string of the molecule is Cc1cc(-c2cc(Cl)ccc2OCCn2c(C)nc3c(c2=O)C[C@H](N2CCC[C@@]4(CN(CC(F)(F)F)CC4(F)F)C2)CC3)c2scc(C(=O)O)c2n1. The van der Waals surface area contributed by atoms with Crippen LogP contribution >= 0.6 is 22.9 Å². The van der Waals surface area contributed by atoms with Gasteiger partial charge >= 0.3 is 12.1 Å². The minimum absolute atomic E-state index is 0.0223. The zero-order valence-corrected chi connectivity index (χ0v) is 30.1. The first-order valence-electron chi connectivity index (χ1n) is 17.1. The number of carboxylic acids is 1. The lowest BCUT2D eigenvalue weighted by Crippen LogP contribution is -2.56. The highest BCUT2D eigenvalue weighted by Gasteiger charge is 2.62. The molecule has 2 atom stereocenters. The highest BCUT2D eigenvalue weighted by Crippen LogP contribution is 2.50. The van der Waals surface area contributed by atoms with Gasteiger partial charge in [0.05, 0.1) is 46.5 Å². The minimum Gasteiger partial charge on any atom is -0.491 e. The van der Waals surface area contributed by atoms with Crippen molar-refractivity contribution in [3.63, 3.8) is 0 Å². The first-order valence-corrected chi connectivity index (χ1v) is 18.3. The molecule has 3 aliphatic rings. The van der Waals surface area contributed by atoms with Crippen LogP contribution in [0.4, 0.5) is 22.0 Å². The van der Waals surface area contributed by atoms with E-state index in [9.17, 15) is 27.9 Å². The number of rotatable bonds is 8. The predicted octanol–water partition coefficient (Wildman–Crippen LogP) is 7.02. The number of piperidine rings is 1. The molecule has 52 heavy (non-hydrogen) atoms. The molecule has 0 amide bonds. The molecule has 1 aliphatic carbocycles. The number of likely N-dealkylation sites (tertiary alicyclic amines) is 2. The topological polar surface area (TPSA) is 101 Å². The summed E-state index contributed by atoms with van der Waals surface area (Å²) in [7, 11) is 0. The smallest absolute Gasteiger partial charge is 0.401 e. The van der Waals surface area contributed by atoms with Crippen molar-refractivity contribution in [3.8, 4) is 16.9 Å². The molecule has 5 heterocycles. The molecule has 278 valence electrons. The number of carbonyl (C=O) groups is 1. The molecule has 0 saturated carbocycles. The van der Waals surface area contributed by atoms with E-state index < -0.39 is 36.6 Å². The first kappa shape index (κ1) is 36.7. The van der Waals surface area contributed by atoms with Gasteiger partial charge in [0.1, 0.15) is 18.2 Å². The van der Waals surface area contributed by atoms with Gasteiger partial charge in [0.2, 0.25) is 0 Å². The lowest BCUT2D eigenvalue weighted by atomic mass is 9.75. The van der Waals surface area contributed by atoms with Crippen LogP contribution in [0.25, 0.3) is 21.3 Å². The van der Waals surface area contributed by atoms with E-state index in [0.717, 1.165) is 10.5 Å². The summed E-state index contributed by atoms with van der Waals surface area (Å²) in [5, 5.41) is 11.7. The Hall–Kier alpha value is -3.66. The van der Waals surface area contributed by atoms with Gasteiger partial charge < -0.3 is 9.84 Å². The van der Waals surface area contributed by atoms with Crippen LogP contribution in [-0.4, -0.2) is 92.9 Å². The van der Waals surface area contributed by atoms with Crippen LogP contribution in [-0.2, 0) is 19.4 Å². The van der Waals surface area contributed by atoms with Gasteiger partial charge in [-0.1, -0.05) is 11.6 Å². The number of carboxylic acid groups (broad SMARTS) is 1. The van der Waals surface area contributed by atoms with Gasteiger partial charge in [0, 0.05) is 51.9 Å².